The molecule has 0 bridgehead atoms. The minimum absolute atomic E-state index is 0.275. The van der Waals surface area contributed by atoms with Gasteiger partial charge < -0.3 is 15.8 Å². The second-order valence-electron chi connectivity index (χ2n) is 4.28. The summed E-state index contributed by atoms with van der Waals surface area (Å²) in [6.45, 7) is 5.55. The fourth-order valence-electron chi connectivity index (χ4n) is 1.07. The quantitative estimate of drug-likeness (QED) is 0.513. The Morgan fingerprint density at radius 2 is 1.93 bits per heavy atom. The Kier molecular flexibility index (Phi) is 5.28. The molecule has 0 aliphatic heterocycles. The first kappa shape index (κ1) is 13.9. The number of amides is 1. The van der Waals surface area contributed by atoms with Gasteiger partial charge in [-0.25, -0.2) is 0 Å². The van der Waals surface area contributed by atoms with Crippen molar-refractivity contribution in [2.75, 3.05) is 13.6 Å². The Balaban J connectivity index is 4.49. The number of carbonyl (C=O) groups is 2. The van der Waals surface area contributed by atoms with E-state index in [4.69, 9.17) is 10.5 Å². The van der Waals surface area contributed by atoms with Gasteiger partial charge in [-0.05, 0) is 33.7 Å². The zero-order chi connectivity index (χ0) is 12.1. The molecule has 0 aliphatic carbocycles. The summed E-state index contributed by atoms with van der Waals surface area (Å²) in [5, 5.41) is 2.42. The van der Waals surface area contributed by atoms with Gasteiger partial charge in [0, 0.05) is 7.05 Å². The number of carbonyl (C=O) groups excluding carboxylic acids is 2. The fourth-order valence-corrected chi connectivity index (χ4v) is 1.07. The Hall–Kier alpha value is -1.10. The number of esters is 1. The molecule has 5 nitrogen and oxygen atoms in total. The zero-order valence-corrected chi connectivity index (χ0v) is 9.79. The third-order valence-electron chi connectivity index (χ3n) is 1.71. The van der Waals surface area contributed by atoms with Crippen molar-refractivity contribution < 1.29 is 14.3 Å². The molecule has 0 aromatic rings. The van der Waals surface area contributed by atoms with Crippen LogP contribution in [0.1, 0.15) is 27.2 Å². The molecule has 0 spiro atoms. The maximum absolute atomic E-state index is 11.6. The molecule has 1 amide bonds. The molecular weight excluding hydrogens is 196 g/mol. The second kappa shape index (κ2) is 5.70. The van der Waals surface area contributed by atoms with E-state index < -0.39 is 17.5 Å². The van der Waals surface area contributed by atoms with Crippen molar-refractivity contribution in [2.24, 2.45) is 11.7 Å². The second-order valence-corrected chi connectivity index (χ2v) is 4.28. The van der Waals surface area contributed by atoms with E-state index in [1.54, 1.807) is 20.8 Å². The standard InChI is InChI=1S/C10H20N2O3/c1-10(2,3)15-9(14)7(5-6-11)8(13)12-4/h7H,5-6,11H2,1-4H3,(H,12,13). The predicted molar refractivity (Wildman–Crippen MR) is 57.1 cm³/mol. The lowest BCUT2D eigenvalue weighted by Gasteiger charge is -2.22. The van der Waals surface area contributed by atoms with E-state index in [9.17, 15) is 9.59 Å². The largest absolute Gasteiger partial charge is 0.459 e. The maximum atomic E-state index is 11.6. The maximum Gasteiger partial charge on any atom is 0.319 e. The van der Waals surface area contributed by atoms with Gasteiger partial charge in [-0.15, -0.1) is 0 Å². The van der Waals surface area contributed by atoms with Crippen LogP contribution >= 0.6 is 0 Å². The van der Waals surface area contributed by atoms with Crippen molar-refractivity contribution in [1.29, 1.82) is 0 Å². The molecule has 0 heterocycles. The number of rotatable bonds is 4. The molecule has 0 saturated heterocycles. The van der Waals surface area contributed by atoms with Crippen molar-refractivity contribution in [3.8, 4) is 0 Å². The highest BCUT2D eigenvalue weighted by molar-refractivity contribution is 5.97. The number of hydrogen-bond acceptors (Lipinski definition) is 4. The van der Waals surface area contributed by atoms with Crippen LogP contribution in [0.4, 0.5) is 0 Å². The van der Waals surface area contributed by atoms with Crippen molar-refractivity contribution in [2.45, 2.75) is 32.8 Å². The van der Waals surface area contributed by atoms with Crippen molar-refractivity contribution >= 4 is 11.9 Å². The molecule has 15 heavy (non-hydrogen) atoms. The number of ether oxygens (including phenoxy) is 1. The summed E-state index contributed by atoms with van der Waals surface area (Å²) in [5.74, 6) is -1.68. The summed E-state index contributed by atoms with van der Waals surface area (Å²) in [7, 11) is 1.48. The zero-order valence-electron chi connectivity index (χ0n) is 9.79. The van der Waals surface area contributed by atoms with E-state index >= 15 is 0 Å². The van der Waals surface area contributed by atoms with Crippen LogP contribution < -0.4 is 11.1 Å². The number of hydrogen-bond donors (Lipinski definition) is 2. The van der Waals surface area contributed by atoms with Gasteiger partial charge in [-0.1, -0.05) is 0 Å². The monoisotopic (exact) mass is 216 g/mol. The van der Waals surface area contributed by atoms with Gasteiger partial charge >= 0.3 is 5.97 Å². The van der Waals surface area contributed by atoms with Gasteiger partial charge in [0.05, 0.1) is 0 Å². The van der Waals surface area contributed by atoms with Gasteiger partial charge in [0.2, 0.25) is 5.91 Å². The van der Waals surface area contributed by atoms with E-state index in [-0.39, 0.29) is 12.5 Å². The molecule has 0 fully saturated rings. The normalized spacial score (nSPS) is 13.1. The Bertz CT molecular complexity index is 233. The van der Waals surface area contributed by atoms with Gasteiger partial charge in [-0.3, -0.25) is 9.59 Å². The molecular formula is C10H20N2O3. The third kappa shape index (κ3) is 5.37. The average Bonchev–Trinajstić information content (AvgIpc) is 2.10. The Morgan fingerprint density at radius 1 is 1.40 bits per heavy atom. The summed E-state index contributed by atoms with van der Waals surface area (Å²) in [6, 6.07) is 0. The molecule has 3 N–H and O–H groups in total. The average molecular weight is 216 g/mol. The summed E-state index contributed by atoms with van der Waals surface area (Å²) in [5.41, 5.74) is 4.75. The van der Waals surface area contributed by atoms with E-state index in [1.165, 1.54) is 7.05 Å². The van der Waals surface area contributed by atoms with Crippen LogP contribution in [-0.4, -0.2) is 31.1 Å². The van der Waals surface area contributed by atoms with Crippen molar-refractivity contribution in [3.05, 3.63) is 0 Å². The molecule has 0 rings (SSSR count). The van der Waals surface area contributed by atoms with E-state index in [1.807, 2.05) is 0 Å². The van der Waals surface area contributed by atoms with Crippen molar-refractivity contribution in [3.63, 3.8) is 0 Å². The third-order valence-corrected chi connectivity index (χ3v) is 1.71. The lowest BCUT2D eigenvalue weighted by atomic mass is 10.0. The van der Waals surface area contributed by atoms with E-state index in [2.05, 4.69) is 5.32 Å². The van der Waals surface area contributed by atoms with Crippen molar-refractivity contribution in [1.82, 2.24) is 5.32 Å². The van der Waals surface area contributed by atoms with Crippen LogP contribution in [0.15, 0.2) is 0 Å². The topological polar surface area (TPSA) is 81.4 Å². The first-order chi connectivity index (χ1) is 6.81. The predicted octanol–water partition coefficient (Wildman–Crippen LogP) is 0.0391. The molecule has 5 heteroatoms. The van der Waals surface area contributed by atoms with Crippen LogP contribution in [0.3, 0.4) is 0 Å². The van der Waals surface area contributed by atoms with Gasteiger partial charge in [-0.2, -0.15) is 0 Å². The minimum Gasteiger partial charge on any atom is -0.459 e. The summed E-state index contributed by atoms with van der Waals surface area (Å²) >= 11 is 0. The van der Waals surface area contributed by atoms with Crippen LogP contribution in [0.5, 0.6) is 0 Å². The SMILES string of the molecule is CNC(=O)C(CCN)C(=O)OC(C)(C)C. The Morgan fingerprint density at radius 3 is 2.27 bits per heavy atom. The molecule has 0 aromatic heterocycles. The number of nitrogens with one attached hydrogen (secondary N) is 1. The molecule has 1 atom stereocenters. The van der Waals surface area contributed by atoms with Crippen LogP contribution in [0.25, 0.3) is 0 Å². The van der Waals surface area contributed by atoms with Crippen LogP contribution in [-0.2, 0) is 14.3 Å². The van der Waals surface area contributed by atoms with Gasteiger partial charge in [0.15, 0.2) is 0 Å². The molecule has 88 valence electrons. The number of nitrogens with two attached hydrogens (primary N) is 1. The molecule has 0 radical (unpaired) electrons. The summed E-state index contributed by atoms with van der Waals surface area (Å²) in [4.78, 5) is 23.0. The molecule has 0 saturated carbocycles. The van der Waals surface area contributed by atoms with E-state index in [0.717, 1.165) is 0 Å². The Labute approximate surface area is 90.4 Å². The van der Waals surface area contributed by atoms with Gasteiger partial charge in [0.25, 0.3) is 0 Å². The minimum atomic E-state index is -0.806. The lowest BCUT2D eigenvalue weighted by molar-refractivity contribution is -0.162. The summed E-state index contributed by atoms with van der Waals surface area (Å²) < 4.78 is 5.12. The molecule has 1 unspecified atom stereocenters. The first-order valence-electron chi connectivity index (χ1n) is 4.96. The van der Waals surface area contributed by atoms with E-state index in [0.29, 0.717) is 6.42 Å². The summed E-state index contributed by atoms with van der Waals surface area (Å²) in [6.07, 6.45) is 0.300. The fraction of sp³-hybridized carbons (Fsp3) is 0.800. The molecule has 0 aromatic carbocycles. The first-order valence-corrected chi connectivity index (χ1v) is 4.96. The molecule has 0 aliphatic rings. The van der Waals surface area contributed by atoms with Crippen LogP contribution in [0, 0.1) is 5.92 Å². The highest BCUT2D eigenvalue weighted by Gasteiger charge is 2.29. The lowest BCUT2D eigenvalue weighted by Crippen LogP contribution is -2.38. The smallest absolute Gasteiger partial charge is 0.319 e. The van der Waals surface area contributed by atoms with Crippen LogP contribution in [0.2, 0.25) is 0 Å². The highest BCUT2D eigenvalue weighted by atomic mass is 16.6. The highest BCUT2D eigenvalue weighted by Crippen LogP contribution is 2.13. The van der Waals surface area contributed by atoms with Gasteiger partial charge in [0.1, 0.15) is 11.5 Å².